The number of nitrogens with one attached hydrogen (secondary N) is 1. The van der Waals surface area contributed by atoms with Gasteiger partial charge in [0, 0.05) is 0 Å². The molecule has 0 aromatic carbocycles. The van der Waals surface area contributed by atoms with Crippen molar-refractivity contribution in [2.75, 3.05) is 6.61 Å². The third-order valence-corrected chi connectivity index (χ3v) is 11.6. The van der Waals surface area contributed by atoms with Crippen LogP contribution < -0.4 is 5.32 Å². The lowest BCUT2D eigenvalue weighted by molar-refractivity contribution is -0.125. The van der Waals surface area contributed by atoms with Gasteiger partial charge in [-0.1, -0.05) is 238 Å². The summed E-state index contributed by atoms with van der Waals surface area (Å²) in [7, 11) is 0. The zero-order valence-corrected chi connectivity index (χ0v) is 36.6. The van der Waals surface area contributed by atoms with Gasteiger partial charge in [0.25, 0.3) is 0 Å². The summed E-state index contributed by atoms with van der Waals surface area (Å²) < 4.78 is 0. The van der Waals surface area contributed by atoms with E-state index in [1.807, 2.05) is 0 Å². The van der Waals surface area contributed by atoms with E-state index in [0.717, 1.165) is 25.7 Å². The lowest BCUT2D eigenvalue weighted by atomic mass is 10.0. The first kappa shape index (κ1) is 53.1. The minimum atomic E-state index is -0.744. The zero-order chi connectivity index (χ0) is 39.4. The largest absolute Gasteiger partial charge is 0.394 e. The van der Waals surface area contributed by atoms with Crippen molar-refractivity contribution >= 4 is 5.91 Å². The van der Waals surface area contributed by atoms with Crippen molar-refractivity contribution in [1.82, 2.24) is 5.32 Å². The van der Waals surface area contributed by atoms with E-state index in [2.05, 4.69) is 31.3 Å². The predicted molar refractivity (Wildman–Crippen MR) is 236 cm³/mol. The Hall–Kier alpha value is -0.910. The number of carbonyl (C=O) groups excluding carboxylic acids is 1. The average molecular weight is 764 g/mol. The molecule has 1 amide bonds. The number of aliphatic hydroxyl groups excluding tert-OH is 3. The van der Waals surface area contributed by atoms with Gasteiger partial charge in [-0.05, 0) is 38.5 Å². The molecule has 3 unspecified atom stereocenters. The second kappa shape index (κ2) is 44.8. The highest BCUT2D eigenvalue weighted by molar-refractivity contribution is 5.76. The Morgan fingerprint density at radius 3 is 1.07 bits per heavy atom. The van der Waals surface area contributed by atoms with Crippen LogP contribution in [0.5, 0.6) is 0 Å². The molecule has 0 aliphatic rings. The number of hydrogen-bond donors (Lipinski definition) is 4. The number of hydrogen-bond acceptors (Lipinski definition) is 4. The van der Waals surface area contributed by atoms with Crippen LogP contribution in [0.15, 0.2) is 12.2 Å². The molecule has 0 fully saturated rings. The second-order valence-corrected chi connectivity index (χ2v) is 17.1. The molecular formula is C49H97NO4. The average Bonchev–Trinajstić information content (AvgIpc) is 3.16. The van der Waals surface area contributed by atoms with Gasteiger partial charge in [-0.25, -0.2) is 0 Å². The van der Waals surface area contributed by atoms with Crippen LogP contribution in [-0.2, 0) is 4.79 Å². The SMILES string of the molecule is CCCCCCCCCCCCCC/C=C\CCCCCCCCCCCCCCCCC(O)CC(=O)NC(CO)C(O)CCCCCCCCCCC. The maximum Gasteiger partial charge on any atom is 0.222 e. The Bertz CT molecular complexity index is 758. The molecule has 0 spiro atoms. The quantitative estimate of drug-likeness (QED) is 0.0367. The van der Waals surface area contributed by atoms with Gasteiger partial charge in [-0.2, -0.15) is 0 Å². The molecule has 5 heteroatoms. The molecule has 0 aliphatic carbocycles. The number of aliphatic hydroxyl groups is 3. The van der Waals surface area contributed by atoms with Gasteiger partial charge in [0.15, 0.2) is 0 Å². The molecule has 0 radical (unpaired) electrons. The summed E-state index contributed by atoms with van der Waals surface area (Å²) in [5.41, 5.74) is 0. The minimum Gasteiger partial charge on any atom is -0.394 e. The molecule has 0 saturated heterocycles. The molecule has 0 heterocycles. The van der Waals surface area contributed by atoms with Crippen LogP contribution in [-0.4, -0.2) is 46.1 Å². The van der Waals surface area contributed by atoms with Crippen LogP contribution in [0.1, 0.15) is 271 Å². The number of carbonyl (C=O) groups is 1. The number of rotatable bonds is 45. The smallest absolute Gasteiger partial charge is 0.222 e. The molecule has 0 rings (SSSR count). The van der Waals surface area contributed by atoms with E-state index in [9.17, 15) is 20.1 Å². The summed E-state index contributed by atoms with van der Waals surface area (Å²) in [6.45, 7) is 4.25. The zero-order valence-electron chi connectivity index (χ0n) is 36.6. The Balaban J connectivity index is 3.45. The van der Waals surface area contributed by atoms with Gasteiger partial charge in [0.1, 0.15) is 0 Å². The van der Waals surface area contributed by atoms with Crippen molar-refractivity contribution in [3.63, 3.8) is 0 Å². The Morgan fingerprint density at radius 1 is 0.444 bits per heavy atom. The van der Waals surface area contributed by atoms with Crippen molar-refractivity contribution < 1.29 is 20.1 Å². The molecule has 5 nitrogen and oxygen atoms in total. The number of unbranched alkanes of at least 4 members (excludes halogenated alkanes) is 34. The molecule has 54 heavy (non-hydrogen) atoms. The van der Waals surface area contributed by atoms with Crippen LogP contribution in [0.2, 0.25) is 0 Å². The van der Waals surface area contributed by atoms with E-state index < -0.39 is 18.2 Å². The topological polar surface area (TPSA) is 89.8 Å². The second-order valence-electron chi connectivity index (χ2n) is 17.1. The molecule has 0 aliphatic heterocycles. The summed E-state index contributed by atoms with van der Waals surface area (Å²) in [5, 5.41) is 33.3. The highest BCUT2D eigenvalue weighted by atomic mass is 16.3. The van der Waals surface area contributed by atoms with Gasteiger partial charge in [0.2, 0.25) is 5.91 Å². The van der Waals surface area contributed by atoms with Crippen molar-refractivity contribution in [2.24, 2.45) is 0 Å². The van der Waals surface area contributed by atoms with Gasteiger partial charge in [-0.15, -0.1) is 0 Å². The summed E-state index contributed by atoms with van der Waals surface area (Å²) in [6, 6.07) is -0.653. The number of allylic oxidation sites excluding steroid dienone is 2. The molecular weight excluding hydrogens is 667 g/mol. The van der Waals surface area contributed by atoms with Gasteiger partial charge < -0.3 is 20.6 Å². The van der Waals surface area contributed by atoms with Gasteiger partial charge in [0.05, 0.1) is 31.3 Å². The minimum absolute atomic E-state index is 0.0398. The summed E-state index contributed by atoms with van der Waals surface area (Å²) in [4.78, 5) is 12.4. The highest BCUT2D eigenvalue weighted by Gasteiger charge is 2.21. The van der Waals surface area contributed by atoms with Gasteiger partial charge >= 0.3 is 0 Å². The molecule has 0 aromatic rings. The molecule has 0 bridgehead atoms. The third kappa shape index (κ3) is 40.7. The lowest BCUT2D eigenvalue weighted by Gasteiger charge is -2.23. The maximum absolute atomic E-state index is 12.4. The first-order valence-corrected chi connectivity index (χ1v) is 24.5. The van der Waals surface area contributed by atoms with Crippen LogP contribution >= 0.6 is 0 Å². The molecule has 322 valence electrons. The Morgan fingerprint density at radius 2 is 0.741 bits per heavy atom. The third-order valence-electron chi connectivity index (χ3n) is 11.6. The van der Waals surface area contributed by atoms with Crippen LogP contribution in [0, 0.1) is 0 Å². The molecule has 0 saturated carbocycles. The number of amides is 1. The van der Waals surface area contributed by atoms with E-state index >= 15 is 0 Å². The predicted octanol–water partition coefficient (Wildman–Crippen LogP) is 14.4. The van der Waals surface area contributed by atoms with Crippen molar-refractivity contribution in [3.05, 3.63) is 12.2 Å². The van der Waals surface area contributed by atoms with Crippen LogP contribution in [0.3, 0.4) is 0 Å². The van der Waals surface area contributed by atoms with Crippen molar-refractivity contribution in [3.8, 4) is 0 Å². The maximum atomic E-state index is 12.4. The van der Waals surface area contributed by atoms with E-state index in [4.69, 9.17) is 0 Å². The normalized spacial score (nSPS) is 13.5. The van der Waals surface area contributed by atoms with Crippen molar-refractivity contribution in [2.45, 2.75) is 289 Å². The fraction of sp³-hybridized carbons (Fsp3) is 0.939. The van der Waals surface area contributed by atoms with E-state index in [1.165, 1.54) is 212 Å². The monoisotopic (exact) mass is 764 g/mol. The molecule has 3 atom stereocenters. The summed E-state index contributed by atoms with van der Waals surface area (Å²) in [5.74, 6) is -0.282. The van der Waals surface area contributed by atoms with Crippen molar-refractivity contribution in [1.29, 1.82) is 0 Å². The van der Waals surface area contributed by atoms with Crippen LogP contribution in [0.4, 0.5) is 0 Å². The lowest BCUT2D eigenvalue weighted by Crippen LogP contribution is -2.46. The first-order chi connectivity index (χ1) is 26.5. The summed E-state index contributed by atoms with van der Waals surface area (Å²) in [6.07, 6.45) is 53.6. The summed E-state index contributed by atoms with van der Waals surface area (Å²) >= 11 is 0. The Labute approximate surface area is 338 Å². The molecule has 4 N–H and O–H groups in total. The van der Waals surface area contributed by atoms with E-state index in [1.54, 1.807) is 0 Å². The fourth-order valence-electron chi connectivity index (χ4n) is 7.81. The highest BCUT2D eigenvalue weighted by Crippen LogP contribution is 2.17. The van der Waals surface area contributed by atoms with E-state index in [-0.39, 0.29) is 18.9 Å². The molecule has 0 aromatic heterocycles. The standard InChI is InChI=1S/C49H97NO4/c1-3-5-7-9-11-13-14-15-16-17-18-19-20-21-22-23-24-25-26-27-28-29-30-31-32-33-35-36-38-40-42-46(52)44-49(54)50-47(45-51)48(53)43-41-39-37-34-12-10-8-6-4-2/h21-22,46-48,51-53H,3-20,23-45H2,1-2H3,(H,50,54)/b22-21-. The van der Waals surface area contributed by atoms with Gasteiger partial charge in [-0.3, -0.25) is 4.79 Å². The Kier molecular flexibility index (Phi) is 44.0. The van der Waals surface area contributed by atoms with E-state index in [0.29, 0.717) is 12.8 Å². The first-order valence-electron chi connectivity index (χ1n) is 24.5. The fourth-order valence-corrected chi connectivity index (χ4v) is 7.81. The van der Waals surface area contributed by atoms with Crippen LogP contribution in [0.25, 0.3) is 0 Å².